The number of carboxylic acid groups (broad SMARTS) is 2. The number of fused-ring (bicyclic) bond motifs is 2. The Hall–Kier alpha value is 0.674. The van der Waals surface area contributed by atoms with Gasteiger partial charge in [-0.05, 0) is 129 Å². The average Bonchev–Trinajstić information content (AvgIpc) is 3.78. The van der Waals surface area contributed by atoms with Crippen LogP contribution in [0.3, 0.4) is 0 Å². The second kappa shape index (κ2) is 25.5. The predicted molar refractivity (Wildman–Crippen MR) is 229 cm³/mol. The van der Waals surface area contributed by atoms with E-state index in [0.29, 0.717) is 34.6 Å². The molecule has 0 bridgehead atoms. The molecule has 2 N–H and O–H groups in total. The normalized spacial score (nSPS) is 27.9. The van der Waals surface area contributed by atoms with Crippen LogP contribution in [-0.2, 0) is 54.2 Å². The Balaban J connectivity index is 0.000000188. The summed E-state index contributed by atoms with van der Waals surface area (Å²) in [4.78, 5) is 36.6. The molecule has 16 heteroatoms. The number of hydrogen-bond donors (Lipinski definition) is 2. The van der Waals surface area contributed by atoms with Crippen LogP contribution >= 0.6 is 15.9 Å². The molecule has 2 aromatic rings. The Morgan fingerprint density at radius 2 is 1.17 bits per heavy atom. The molecule has 2 saturated carbocycles. The summed E-state index contributed by atoms with van der Waals surface area (Å²) in [6.45, 7) is 9.02. The first kappa shape index (κ1) is 54.6. The summed E-state index contributed by atoms with van der Waals surface area (Å²) in [7, 11) is 2.96. The molecule has 336 valence electrons. The van der Waals surface area contributed by atoms with E-state index in [9.17, 15) is 14.7 Å². The zero-order valence-electron chi connectivity index (χ0n) is 37.8. The fourth-order valence-electron chi connectivity index (χ4n) is 10.9. The van der Waals surface area contributed by atoms with Gasteiger partial charge in [0.1, 0.15) is 11.5 Å². The van der Waals surface area contributed by atoms with E-state index in [1.54, 1.807) is 6.07 Å². The van der Waals surface area contributed by atoms with Crippen molar-refractivity contribution < 1.29 is 191 Å². The smallest absolute Gasteiger partial charge is 0.565 e. The molecule has 8 aliphatic rings. The third-order valence-corrected chi connectivity index (χ3v) is 15.2. The summed E-state index contributed by atoms with van der Waals surface area (Å²) in [5.74, 6) is 2.86. The maximum Gasteiger partial charge on any atom is 1.00 e. The molecular weight excluding hydrogens is 1110 g/mol. The Labute approximate surface area is 499 Å². The topological polar surface area (TPSA) is 167 Å². The van der Waals surface area contributed by atoms with Gasteiger partial charge in [-0.15, -0.1) is 0 Å². The van der Waals surface area contributed by atoms with Crippen molar-refractivity contribution in [3.8, 4) is 11.5 Å². The van der Waals surface area contributed by atoms with E-state index in [2.05, 4.69) is 50.0 Å². The van der Waals surface area contributed by atoms with Crippen LogP contribution < -0.4 is 148 Å². The largest absolute Gasteiger partial charge is 1.00 e. The minimum absolute atomic E-state index is 0. The monoisotopic (exact) mass is 1180 g/mol. The molecule has 6 fully saturated rings. The van der Waals surface area contributed by atoms with Crippen LogP contribution in [0.15, 0.2) is 36.4 Å². The number of nitrogens with zero attached hydrogens (tertiary/aromatic N) is 2. The van der Waals surface area contributed by atoms with Crippen molar-refractivity contribution in [1.29, 1.82) is 0 Å². The molecule has 0 radical (unpaired) electrons. The zero-order valence-corrected chi connectivity index (χ0v) is 52.0. The Morgan fingerprint density at radius 3 is 1.60 bits per heavy atom. The number of carbonyl (C=O) groups excluding carboxylic acids is 2. The summed E-state index contributed by atoms with van der Waals surface area (Å²) >= 11 is 3.43. The van der Waals surface area contributed by atoms with E-state index < -0.39 is 6.16 Å². The summed E-state index contributed by atoms with van der Waals surface area (Å²) in [6.07, 6.45) is 11.3. The molecule has 4 aliphatic heterocycles. The number of rotatable bonds is 8. The quantitative estimate of drug-likeness (QED) is 0.252. The van der Waals surface area contributed by atoms with Gasteiger partial charge in [0.05, 0.1) is 45.9 Å². The van der Waals surface area contributed by atoms with E-state index >= 15 is 0 Å². The predicted octanol–water partition coefficient (Wildman–Crippen LogP) is -0.708. The van der Waals surface area contributed by atoms with Gasteiger partial charge in [0.2, 0.25) is 6.16 Å². The van der Waals surface area contributed by atoms with Crippen LogP contribution in [0.1, 0.15) is 73.6 Å². The molecule has 0 amide bonds. The summed E-state index contributed by atoms with van der Waals surface area (Å²) < 4.78 is 26.5. The third kappa shape index (κ3) is 14.6. The number of carbonyl (C=O) groups is 3. The van der Waals surface area contributed by atoms with E-state index in [1.165, 1.54) is 62.2 Å². The molecule has 0 aromatic heterocycles. The minimum atomic E-state index is -2.08. The molecule has 2 aromatic carbocycles. The number of ether oxygens (including phenoxy) is 5. The van der Waals surface area contributed by atoms with Crippen molar-refractivity contribution in [2.45, 2.75) is 89.1 Å². The van der Waals surface area contributed by atoms with Crippen LogP contribution in [0.25, 0.3) is 0 Å². The second-order valence-corrected chi connectivity index (χ2v) is 19.6. The zero-order chi connectivity index (χ0) is 43.1. The first-order valence-corrected chi connectivity index (χ1v) is 23.3. The van der Waals surface area contributed by atoms with Gasteiger partial charge in [-0.3, -0.25) is 19.4 Å². The number of likely N-dealkylation sites (tertiary alicyclic amines) is 2. The Morgan fingerprint density at radius 1 is 0.730 bits per heavy atom. The number of aromatic hydroxyl groups is 1. The van der Waals surface area contributed by atoms with Crippen molar-refractivity contribution in [3.05, 3.63) is 58.7 Å². The average molecular weight is 1180 g/mol. The first-order chi connectivity index (χ1) is 29.4. The maximum atomic E-state index is 11.6. The van der Waals surface area contributed by atoms with Gasteiger partial charge in [0.15, 0.2) is 0 Å². The molecule has 13 nitrogen and oxygen atoms in total. The number of methoxy groups -OCH3 is 2. The van der Waals surface area contributed by atoms with Crippen LogP contribution in [-0.4, -0.2) is 129 Å². The summed E-state index contributed by atoms with van der Waals surface area (Å²) in [5, 5.41) is 26.0. The Kier molecular flexibility index (Phi) is 22.1. The molecular formula is C47H64BrCs2N2O11+. The minimum Gasteiger partial charge on any atom is -0.565 e. The fourth-order valence-corrected chi connectivity index (χ4v) is 11.4. The van der Waals surface area contributed by atoms with Crippen LogP contribution in [0, 0.1) is 34.5 Å². The molecule has 63 heavy (non-hydrogen) atoms. The van der Waals surface area contributed by atoms with Crippen LogP contribution in [0.5, 0.6) is 11.5 Å². The van der Waals surface area contributed by atoms with E-state index in [0.717, 1.165) is 128 Å². The SMILES string of the molecule is BrCC1CCCOC1.COC(=O)C1CC(N2CC3(Cc4ccc(O)cc4C3)C2)C1.COC(=O)C1CC(N2CC3(Cc4ccc(OCC5CCCOC5)cc4C3)C2)C1.O=C([O-])O.[Cs+].[Cs+]. The molecule has 2 unspecified atom stereocenters. The number of phenolic OH excluding ortho intramolecular Hbond substituents is 1. The van der Waals surface area contributed by atoms with Gasteiger partial charge in [-0.2, -0.15) is 0 Å². The number of halogens is 1. The molecule has 4 saturated heterocycles. The fraction of sp³-hybridized carbons (Fsp3) is 0.681. The van der Waals surface area contributed by atoms with Gasteiger partial charge in [0.25, 0.3) is 0 Å². The Bertz CT molecular complexity index is 1820. The number of hydrogen-bond acceptors (Lipinski definition) is 12. The standard InChI is InChI=1S/C23H31NO4.C17H21NO3.C6H11BrO.CH2O3.2Cs/c1-26-22(25)18-7-20(8-18)24-14-23(15-24)10-17-4-5-21(9-19(17)11-23)28-13-16-3-2-6-27-12-16;1-21-16(20)12-4-14(5-12)18-9-17(10-18)7-11-2-3-15(19)6-13(11)8-17;7-4-6-2-1-3-8-5-6;2-1(3)4;;/h4-5,9,16,18,20H,2-3,6-8,10-15H2,1H3;2-3,6,12,14,19H,4-5,7-10H2,1H3;6H,1-5H2;(H2,2,3,4);;/q;;;;2*+1/p-1. The number of esters is 2. The van der Waals surface area contributed by atoms with Crippen LogP contribution in [0.2, 0.25) is 0 Å². The molecule has 4 heterocycles. The van der Waals surface area contributed by atoms with E-state index in [1.807, 2.05) is 6.07 Å². The summed E-state index contributed by atoms with van der Waals surface area (Å²) in [5.41, 5.74) is 6.47. The van der Waals surface area contributed by atoms with Crippen molar-refractivity contribution in [1.82, 2.24) is 9.80 Å². The van der Waals surface area contributed by atoms with Crippen molar-refractivity contribution in [2.24, 2.45) is 34.5 Å². The van der Waals surface area contributed by atoms with Gasteiger partial charge in [0, 0.05) is 73.6 Å². The first-order valence-electron chi connectivity index (χ1n) is 22.2. The number of phenols is 1. The molecule has 2 spiro atoms. The van der Waals surface area contributed by atoms with Gasteiger partial charge < -0.3 is 43.8 Å². The maximum absolute atomic E-state index is 11.6. The molecule has 10 rings (SSSR count). The van der Waals surface area contributed by atoms with Gasteiger partial charge in [-0.25, -0.2) is 0 Å². The summed E-state index contributed by atoms with van der Waals surface area (Å²) in [6, 6.07) is 13.6. The number of alkyl halides is 1. The molecule has 4 aliphatic carbocycles. The van der Waals surface area contributed by atoms with Crippen molar-refractivity contribution in [3.63, 3.8) is 0 Å². The third-order valence-electron chi connectivity index (χ3n) is 14.3. The van der Waals surface area contributed by atoms with E-state index in [-0.39, 0.29) is 162 Å². The second-order valence-electron chi connectivity index (χ2n) is 19.0. The van der Waals surface area contributed by atoms with Crippen molar-refractivity contribution in [2.75, 3.05) is 78.8 Å². The number of benzene rings is 2. The van der Waals surface area contributed by atoms with Gasteiger partial charge >= 0.3 is 150 Å². The van der Waals surface area contributed by atoms with Crippen LogP contribution in [0.4, 0.5) is 4.79 Å². The molecule has 2 atom stereocenters. The van der Waals surface area contributed by atoms with Crippen molar-refractivity contribution >= 4 is 34.0 Å². The van der Waals surface area contributed by atoms with Gasteiger partial charge in [-0.1, -0.05) is 28.1 Å². The van der Waals surface area contributed by atoms with E-state index in [4.69, 9.17) is 38.7 Å².